The molecule has 108 valence electrons. The fraction of sp³-hybridized carbons (Fsp3) is 0.857. The van der Waals surface area contributed by atoms with E-state index in [1.54, 1.807) is 6.92 Å². The molecule has 1 heterocycles. The first-order valence-corrected chi connectivity index (χ1v) is 7.29. The standard InChI is InChI=1S/C14H24N2O3/c1-4-11(10(3)17)12-15-13(16-19-12)14(18-5-2)8-6-7-9-14/h10-11,17H,4-9H2,1-3H3. The van der Waals surface area contributed by atoms with Crippen molar-refractivity contribution in [2.24, 2.45) is 0 Å². The van der Waals surface area contributed by atoms with Crippen LogP contribution in [-0.2, 0) is 10.3 Å². The first-order valence-electron chi connectivity index (χ1n) is 7.29. The molecule has 0 bridgehead atoms. The van der Waals surface area contributed by atoms with Crippen molar-refractivity contribution in [1.82, 2.24) is 10.1 Å². The zero-order valence-electron chi connectivity index (χ0n) is 12.1. The summed E-state index contributed by atoms with van der Waals surface area (Å²) in [4.78, 5) is 4.51. The monoisotopic (exact) mass is 268 g/mol. The van der Waals surface area contributed by atoms with Crippen LogP contribution in [0.4, 0.5) is 0 Å². The Hall–Kier alpha value is -0.940. The first-order chi connectivity index (χ1) is 9.13. The van der Waals surface area contributed by atoms with Gasteiger partial charge in [0.15, 0.2) is 0 Å². The van der Waals surface area contributed by atoms with Crippen LogP contribution in [0.5, 0.6) is 0 Å². The SMILES string of the molecule is CCOC1(c2noc(C(CC)C(C)O)n2)CCCC1. The molecular weight excluding hydrogens is 244 g/mol. The summed E-state index contributed by atoms with van der Waals surface area (Å²) in [6.45, 7) is 6.41. The van der Waals surface area contributed by atoms with Gasteiger partial charge in [-0.2, -0.15) is 4.98 Å². The van der Waals surface area contributed by atoms with E-state index in [9.17, 15) is 5.11 Å². The van der Waals surface area contributed by atoms with E-state index in [0.29, 0.717) is 18.3 Å². The Morgan fingerprint density at radius 2 is 2.05 bits per heavy atom. The van der Waals surface area contributed by atoms with Gasteiger partial charge in [0, 0.05) is 6.61 Å². The maximum atomic E-state index is 9.75. The molecule has 1 N–H and O–H groups in total. The molecule has 1 aliphatic carbocycles. The maximum Gasteiger partial charge on any atom is 0.232 e. The van der Waals surface area contributed by atoms with Crippen molar-refractivity contribution < 1.29 is 14.4 Å². The van der Waals surface area contributed by atoms with Crippen LogP contribution in [0, 0.1) is 0 Å². The lowest BCUT2D eigenvalue weighted by Gasteiger charge is -2.24. The minimum atomic E-state index is -0.482. The molecule has 1 aromatic rings. The highest BCUT2D eigenvalue weighted by Gasteiger charge is 2.41. The van der Waals surface area contributed by atoms with Crippen LogP contribution in [0.15, 0.2) is 4.52 Å². The van der Waals surface area contributed by atoms with Gasteiger partial charge in [0.05, 0.1) is 12.0 Å². The van der Waals surface area contributed by atoms with E-state index in [1.807, 2.05) is 13.8 Å². The summed E-state index contributed by atoms with van der Waals surface area (Å²) in [5, 5.41) is 13.9. The summed E-state index contributed by atoms with van der Waals surface area (Å²) in [5.41, 5.74) is -0.368. The molecule has 0 aromatic carbocycles. The molecule has 0 spiro atoms. The Labute approximate surface area is 114 Å². The van der Waals surface area contributed by atoms with Crippen LogP contribution in [0.1, 0.15) is 70.5 Å². The maximum absolute atomic E-state index is 9.75. The van der Waals surface area contributed by atoms with Gasteiger partial charge in [-0.3, -0.25) is 0 Å². The predicted molar refractivity (Wildman–Crippen MR) is 70.8 cm³/mol. The second-order valence-corrected chi connectivity index (χ2v) is 5.35. The Morgan fingerprint density at radius 1 is 1.37 bits per heavy atom. The lowest BCUT2D eigenvalue weighted by molar-refractivity contribution is -0.0469. The molecule has 0 saturated heterocycles. The average Bonchev–Trinajstić information content (AvgIpc) is 2.99. The molecule has 1 aliphatic rings. The van der Waals surface area contributed by atoms with Gasteiger partial charge in [-0.1, -0.05) is 12.1 Å². The lowest BCUT2D eigenvalue weighted by Crippen LogP contribution is -2.28. The highest BCUT2D eigenvalue weighted by atomic mass is 16.5. The molecule has 1 saturated carbocycles. The van der Waals surface area contributed by atoms with Gasteiger partial charge in [0.1, 0.15) is 5.60 Å². The quantitative estimate of drug-likeness (QED) is 0.859. The topological polar surface area (TPSA) is 68.4 Å². The van der Waals surface area contributed by atoms with Gasteiger partial charge >= 0.3 is 0 Å². The number of rotatable bonds is 6. The average molecular weight is 268 g/mol. The molecule has 1 aromatic heterocycles. The minimum absolute atomic E-state index is 0.0960. The highest BCUT2D eigenvalue weighted by molar-refractivity contribution is 5.06. The van der Waals surface area contributed by atoms with E-state index in [-0.39, 0.29) is 11.5 Å². The molecule has 19 heavy (non-hydrogen) atoms. The Kier molecular flexibility index (Phi) is 4.58. The van der Waals surface area contributed by atoms with E-state index in [1.165, 1.54) is 0 Å². The summed E-state index contributed by atoms with van der Waals surface area (Å²) in [7, 11) is 0. The number of aromatic nitrogens is 2. The summed E-state index contributed by atoms with van der Waals surface area (Å²) in [5.74, 6) is 1.08. The molecule has 0 amide bonds. The third kappa shape index (κ3) is 2.82. The van der Waals surface area contributed by atoms with Gasteiger partial charge in [-0.15, -0.1) is 0 Å². The van der Waals surface area contributed by atoms with Crippen LogP contribution >= 0.6 is 0 Å². The van der Waals surface area contributed by atoms with Gasteiger partial charge in [0.2, 0.25) is 11.7 Å². The minimum Gasteiger partial charge on any atom is -0.393 e. The van der Waals surface area contributed by atoms with Crippen molar-refractivity contribution in [3.8, 4) is 0 Å². The number of aliphatic hydroxyl groups excluding tert-OH is 1. The fourth-order valence-electron chi connectivity index (χ4n) is 2.95. The van der Waals surface area contributed by atoms with Gasteiger partial charge in [0.25, 0.3) is 0 Å². The first kappa shape index (κ1) is 14.5. The molecule has 2 unspecified atom stereocenters. The van der Waals surface area contributed by atoms with Crippen molar-refractivity contribution in [1.29, 1.82) is 0 Å². The number of nitrogens with zero attached hydrogens (tertiary/aromatic N) is 2. The summed E-state index contributed by atoms with van der Waals surface area (Å²) >= 11 is 0. The van der Waals surface area contributed by atoms with Crippen molar-refractivity contribution in [2.45, 2.75) is 70.5 Å². The van der Waals surface area contributed by atoms with Crippen molar-refractivity contribution >= 4 is 0 Å². The normalized spacial score (nSPS) is 21.5. The van der Waals surface area contributed by atoms with Crippen LogP contribution in [0.3, 0.4) is 0 Å². The van der Waals surface area contributed by atoms with Crippen LogP contribution in [0.25, 0.3) is 0 Å². The van der Waals surface area contributed by atoms with E-state index >= 15 is 0 Å². The second kappa shape index (κ2) is 6.01. The van der Waals surface area contributed by atoms with Crippen molar-refractivity contribution in [3.63, 3.8) is 0 Å². The summed E-state index contributed by atoms with van der Waals surface area (Å²) < 4.78 is 11.3. The smallest absolute Gasteiger partial charge is 0.232 e. The zero-order valence-corrected chi connectivity index (χ0v) is 12.1. The molecule has 0 radical (unpaired) electrons. The molecule has 5 heteroatoms. The molecule has 5 nitrogen and oxygen atoms in total. The number of ether oxygens (including phenoxy) is 1. The van der Waals surface area contributed by atoms with Gasteiger partial charge < -0.3 is 14.4 Å². The lowest BCUT2D eigenvalue weighted by atomic mass is 9.99. The van der Waals surface area contributed by atoms with Gasteiger partial charge in [-0.25, -0.2) is 0 Å². The molecule has 2 atom stereocenters. The third-order valence-corrected chi connectivity index (χ3v) is 4.02. The van der Waals surface area contributed by atoms with Crippen molar-refractivity contribution in [3.05, 3.63) is 11.7 Å². The summed E-state index contributed by atoms with van der Waals surface area (Å²) in [6.07, 6.45) is 4.47. The van der Waals surface area contributed by atoms with Crippen LogP contribution < -0.4 is 0 Å². The van der Waals surface area contributed by atoms with E-state index in [4.69, 9.17) is 9.26 Å². The van der Waals surface area contributed by atoms with E-state index in [2.05, 4.69) is 10.1 Å². The van der Waals surface area contributed by atoms with E-state index in [0.717, 1.165) is 32.1 Å². The Balaban J connectivity index is 2.23. The number of hydrogen-bond donors (Lipinski definition) is 1. The molecule has 1 fully saturated rings. The highest BCUT2D eigenvalue weighted by Crippen LogP contribution is 2.41. The Bertz CT molecular complexity index is 397. The Morgan fingerprint density at radius 3 is 2.58 bits per heavy atom. The predicted octanol–water partition coefficient (Wildman–Crippen LogP) is 2.75. The third-order valence-electron chi connectivity index (χ3n) is 4.02. The molecular formula is C14H24N2O3. The van der Waals surface area contributed by atoms with Crippen molar-refractivity contribution in [2.75, 3.05) is 6.61 Å². The largest absolute Gasteiger partial charge is 0.393 e. The van der Waals surface area contributed by atoms with E-state index < -0.39 is 6.10 Å². The number of aliphatic hydroxyl groups is 1. The van der Waals surface area contributed by atoms with Crippen LogP contribution in [-0.4, -0.2) is 28.0 Å². The van der Waals surface area contributed by atoms with Crippen LogP contribution in [0.2, 0.25) is 0 Å². The molecule has 0 aliphatic heterocycles. The summed E-state index contributed by atoms with van der Waals surface area (Å²) in [6, 6.07) is 0. The fourth-order valence-corrected chi connectivity index (χ4v) is 2.95. The zero-order chi connectivity index (χ0) is 13.9. The van der Waals surface area contributed by atoms with Gasteiger partial charge in [-0.05, 0) is 46.0 Å². The second-order valence-electron chi connectivity index (χ2n) is 5.35. The number of hydrogen-bond acceptors (Lipinski definition) is 5. The molecule has 2 rings (SSSR count).